The van der Waals surface area contributed by atoms with Gasteiger partial charge in [-0.05, 0) is 36.9 Å². The lowest BCUT2D eigenvalue weighted by molar-refractivity contribution is -0.133. The van der Waals surface area contributed by atoms with Gasteiger partial charge in [-0.1, -0.05) is 23.9 Å². The maximum Gasteiger partial charge on any atom is 0.313 e. The molecule has 0 spiro atoms. The highest BCUT2D eigenvalue weighted by molar-refractivity contribution is 7.99. The van der Waals surface area contributed by atoms with Gasteiger partial charge in [0, 0.05) is 4.90 Å². The molecule has 2 heterocycles. The minimum atomic E-state index is -0.928. The smallest absolute Gasteiger partial charge is 0.313 e. The van der Waals surface area contributed by atoms with Crippen molar-refractivity contribution in [3.8, 4) is 11.4 Å². The molecule has 1 aromatic carbocycles. The van der Waals surface area contributed by atoms with Crippen molar-refractivity contribution >= 4 is 35.7 Å². The summed E-state index contributed by atoms with van der Waals surface area (Å²) in [6, 6.07) is 9.74. The van der Waals surface area contributed by atoms with E-state index in [2.05, 4.69) is 15.3 Å². The number of aliphatic carboxylic acids is 1. The zero-order chi connectivity index (χ0) is 18.5. The molecule has 0 saturated heterocycles. The van der Waals surface area contributed by atoms with E-state index in [4.69, 9.17) is 9.52 Å². The van der Waals surface area contributed by atoms with E-state index in [9.17, 15) is 4.79 Å². The van der Waals surface area contributed by atoms with Crippen molar-refractivity contribution in [2.45, 2.75) is 17.0 Å². The van der Waals surface area contributed by atoms with Gasteiger partial charge in [-0.2, -0.15) is 9.78 Å². The van der Waals surface area contributed by atoms with Gasteiger partial charge in [-0.15, -0.1) is 22.0 Å². The number of carbonyl (C=O) groups is 1. The number of carboxylic acid groups (broad SMARTS) is 1. The molecule has 9 heteroatoms. The van der Waals surface area contributed by atoms with Crippen molar-refractivity contribution < 1.29 is 14.3 Å². The number of hydrogen-bond donors (Lipinski definition) is 1. The van der Waals surface area contributed by atoms with Crippen molar-refractivity contribution in [1.29, 1.82) is 0 Å². The van der Waals surface area contributed by atoms with Crippen LogP contribution in [0, 0.1) is 6.92 Å². The van der Waals surface area contributed by atoms with Crippen LogP contribution in [0.5, 0.6) is 0 Å². The Hall–Kier alpha value is -2.52. The van der Waals surface area contributed by atoms with Crippen LogP contribution in [-0.2, 0) is 4.79 Å². The Bertz CT molecular complexity index is 932. The standard InChI is InChI=1S/C17H16N4O3S2/c1-11-14(7-8-24-11)16-19-20-17(26-10-15(22)23)21(16)18-9-12-3-5-13(25-2)6-4-12/h3-9H,10H2,1-2H3,(H,22,23)/b18-9-. The number of nitrogens with zero attached hydrogens (tertiary/aromatic N) is 4. The van der Waals surface area contributed by atoms with Crippen LogP contribution in [0.15, 0.2) is 56.2 Å². The maximum absolute atomic E-state index is 10.9. The second kappa shape index (κ2) is 8.24. The van der Waals surface area contributed by atoms with E-state index in [0.717, 1.165) is 22.9 Å². The fourth-order valence-electron chi connectivity index (χ4n) is 2.19. The molecule has 26 heavy (non-hydrogen) atoms. The second-order valence-electron chi connectivity index (χ2n) is 5.21. The summed E-state index contributed by atoms with van der Waals surface area (Å²) in [5.41, 5.74) is 1.68. The van der Waals surface area contributed by atoms with E-state index in [0.29, 0.717) is 16.7 Å². The normalized spacial score (nSPS) is 11.3. The van der Waals surface area contributed by atoms with Gasteiger partial charge in [0.2, 0.25) is 5.16 Å². The fourth-order valence-corrected chi connectivity index (χ4v) is 3.20. The summed E-state index contributed by atoms with van der Waals surface area (Å²) in [7, 11) is 0. The Balaban J connectivity index is 1.95. The molecule has 0 aliphatic heterocycles. The van der Waals surface area contributed by atoms with Crippen LogP contribution < -0.4 is 0 Å². The average Bonchev–Trinajstić information content (AvgIpc) is 3.24. The van der Waals surface area contributed by atoms with E-state index in [-0.39, 0.29) is 5.75 Å². The quantitative estimate of drug-likeness (QED) is 0.488. The van der Waals surface area contributed by atoms with Gasteiger partial charge in [0.15, 0.2) is 5.82 Å². The molecular weight excluding hydrogens is 372 g/mol. The summed E-state index contributed by atoms with van der Waals surface area (Å²) < 4.78 is 6.87. The number of furan rings is 1. The van der Waals surface area contributed by atoms with Gasteiger partial charge in [0.1, 0.15) is 5.76 Å². The number of hydrogen-bond acceptors (Lipinski definition) is 7. The number of rotatable bonds is 7. The molecular formula is C17H16N4O3S2. The molecule has 2 aromatic heterocycles. The molecule has 0 radical (unpaired) electrons. The summed E-state index contributed by atoms with van der Waals surface area (Å²) in [6.45, 7) is 1.82. The summed E-state index contributed by atoms with van der Waals surface area (Å²) in [4.78, 5) is 12.0. The molecule has 3 aromatic rings. The third-order valence-electron chi connectivity index (χ3n) is 3.47. The first-order valence-electron chi connectivity index (χ1n) is 7.61. The van der Waals surface area contributed by atoms with Crippen molar-refractivity contribution in [3.63, 3.8) is 0 Å². The fraction of sp³-hybridized carbons (Fsp3) is 0.176. The van der Waals surface area contributed by atoms with Gasteiger partial charge >= 0.3 is 5.97 Å². The van der Waals surface area contributed by atoms with Crippen molar-refractivity contribution in [3.05, 3.63) is 47.9 Å². The lowest BCUT2D eigenvalue weighted by Crippen LogP contribution is -2.01. The second-order valence-corrected chi connectivity index (χ2v) is 7.03. The van der Waals surface area contributed by atoms with Crippen LogP contribution in [0.1, 0.15) is 11.3 Å². The van der Waals surface area contributed by atoms with Crippen molar-refractivity contribution in [1.82, 2.24) is 14.9 Å². The van der Waals surface area contributed by atoms with Crippen LogP contribution in [0.2, 0.25) is 0 Å². The molecule has 134 valence electrons. The van der Waals surface area contributed by atoms with Gasteiger partial charge in [-0.3, -0.25) is 4.79 Å². The van der Waals surface area contributed by atoms with E-state index < -0.39 is 5.97 Å². The van der Waals surface area contributed by atoms with Crippen LogP contribution in [-0.4, -0.2) is 44.2 Å². The lowest BCUT2D eigenvalue weighted by atomic mass is 10.2. The molecule has 0 atom stereocenters. The van der Waals surface area contributed by atoms with Crippen molar-refractivity contribution in [2.24, 2.45) is 5.10 Å². The number of thioether (sulfide) groups is 2. The summed E-state index contributed by atoms with van der Waals surface area (Å²) >= 11 is 2.73. The first kappa shape index (κ1) is 18.3. The molecule has 1 N–H and O–H groups in total. The molecule has 0 fully saturated rings. The lowest BCUT2D eigenvalue weighted by Gasteiger charge is -2.03. The predicted octanol–water partition coefficient (Wildman–Crippen LogP) is 3.63. The van der Waals surface area contributed by atoms with Gasteiger partial charge < -0.3 is 9.52 Å². The molecule has 3 rings (SSSR count). The number of carboxylic acids is 1. The number of benzene rings is 1. The highest BCUT2D eigenvalue weighted by atomic mass is 32.2. The molecule has 0 amide bonds. The maximum atomic E-state index is 10.9. The SMILES string of the molecule is CSc1ccc(/C=N\n2c(SCC(=O)O)nnc2-c2ccoc2C)cc1. The Morgan fingerprint density at radius 1 is 1.31 bits per heavy atom. The molecule has 0 aliphatic carbocycles. The topological polar surface area (TPSA) is 93.5 Å². The number of aryl methyl sites for hydroxylation is 1. The van der Waals surface area contributed by atoms with Crippen LogP contribution in [0.25, 0.3) is 11.4 Å². The minimum Gasteiger partial charge on any atom is -0.481 e. The van der Waals surface area contributed by atoms with Crippen LogP contribution in [0.3, 0.4) is 0 Å². The van der Waals surface area contributed by atoms with E-state index in [1.165, 1.54) is 9.57 Å². The monoisotopic (exact) mass is 388 g/mol. The molecule has 0 bridgehead atoms. The molecule has 0 unspecified atom stereocenters. The summed E-state index contributed by atoms with van der Waals surface area (Å²) in [5, 5.41) is 22.0. The Labute approximate surface area is 158 Å². The Kier molecular flexibility index (Phi) is 5.79. The highest BCUT2D eigenvalue weighted by Gasteiger charge is 2.18. The Morgan fingerprint density at radius 3 is 2.69 bits per heavy atom. The predicted molar refractivity (Wildman–Crippen MR) is 102 cm³/mol. The molecule has 0 aliphatic rings. The largest absolute Gasteiger partial charge is 0.481 e. The van der Waals surface area contributed by atoms with E-state index in [1.54, 1.807) is 30.3 Å². The van der Waals surface area contributed by atoms with Crippen molar-refractivity contribution in [2.75, 3.05) is 12.0 Å². The third-order valence-corrected chi connectivity index (χ3v) is 5.12. The number of aromatic nitrogens is 3. The third kappa shape index (κ3) is 4.17. The summed E-state index contributed by atoms with van der Waals surface area (Å²) in [5.74, 6) is 0.136. The van der Waals surface area contributed by atoms with Crippen LogP contribution in [0.4, 0.5) is 0 Å². The first-order chi connectivity index (χ1) is 12.6. The zero-order valence-corrected chi connectivity index (χ0v) is 15.8. The highest BCUT2D eigenvalue weighted by Crippen LogP contribution is 2.27. The van der Waals surface area contributed by atoms with Gasteiger partial charge in [0.25, 0.3) is 0 Å². The summed E-state index contributed by atoms with van der Waals surface area (Å²) in [6.07, 6.45) is 5.28. The molecule has 0 saturated carbocycles. The first-order valence-corrected chi connectivity index (χ1v) is 9.82. The zero-order valence-electron chi connectivity index (χ0n) is 14.1. The van der Waals surface area contributed by atoms with Crippen LogP contribution >= 0.6 is 23.5 Å². The van der Waals surface area contributed by atoms with Gasteiger partial charge in [0.05, 0.1) is 23.8 Å². The minimum absolute atomic E-state index is 0.125. The molecule has 7 nitrogen and oxygen atoms in total. The van der Waals surface area contributed by atoms with Gasteiger partial charge in [-0.25, -0.2) is 0 Å². The average molecular weight is 388 g/mol. The van der Waals surface area contributed by atoms with E-state index >= 15 is 0 Å². The van der Waals surface area contributed by atoms with E-state index in [1.807, 2.05) is 37.4 Å². The Morgan fingerprint density at radius 2 is 2.08 bits per heavy atom.